The highest BCUT2D eigenvalue weighted by Gasteiger charge is 2.34. The van der Waals surface area contributed by atoms with Crippen molar-refractivity contribution < 1.29 is 22.6 Å². The Morgan fingerprint density at radius 2 is 2.00 bits per heavy atom. The molecule has 0 unspecified atom stereocenters. The van der Waals surface area contributed by atoms with Gasteiger partial charge in [0.15, 0.2) is 0 Å². The van der Waals surface area contributed by atoms with Gasteiger partial charge in [0.2, 0.25) is 0 Å². The van der Waals surface area contributed by atoms with Gasteiger partial charge in [-0.05, 0) is 18.2 Å². The molecule has 1 rings (SSSR count). The number of nitriles is 1. The predicted molar refractivity (Wildman–Crippen MR) is 53.5 cm³/mol. The Hall–Kier alpha value is -1.74. The van der Waals surface area contributed by atoms with Crippen molar-refractivity contribution >= 4 is 0 Å². The van der Waals surface area contributed by atoms with Crippen LogP contribution in [-0.4, -0.2) is 20.3 Å². The molecule has 3 nitrogen and oxygen atoms in total. The molecule has 0 saturated heterocycles. The average Bonchev–Trinajstić information content (AvgIpc) is 2.28. The van der Waals surface area contributed by atoms with Gasteiger partial charge in [-0.3, -0.25) is 0 Å². The van der Waals surface area contributed by atoms with Crippen molar-refractivity contribution in [1.82, 2.24) is 0 Å². The summed E-state index contributed by atoms with van der Waals surface area (Å²) in [6.45, 7) is 0.211. The number of benzene rings is 1. The Kier molecular flexibility index (Phi) is 4.35. The molecule has 17 heavy (non-hydrogen) atoms. The second-order valence-corrected chi connectivity index (χ2v) is 3.16. The molecule has 6 heteroatoms. The molecule has 1 aromatic carbocycles. The molecule has 92 valence electrons. The predicted octanol–water partition coefficient (Wildman–Crippen LogP) is 2.60. The Morgan fingerprint density at radius 3 is 2.53 bits per heavy atom. The van der Waals surface area contributed by atoms with Gasteiger partial charge in [-0.25, -0.2) is 0 Å². The largest absolute Gasteiger partial charge is 0.491 e. The van der Waals surface area contributed by atoms with E-state index in [0.29, 0.717) is 0 Å². The lowest BCUT2D eigenvalue weighted by Gasteiger charge is -2.13. The first-order valence-corrected chi connectivity index (χ1v) is 4.72. The van der Waals surface area contributed by atoms with Crippen LogP contribution < -0.4 is 4.74 Å². The normalized spacial score (nSPS) is 11.0. The standard InChI is InChI=1S/C11H10F3NO2/c1-16-4-5-17-10-3-2-8(7-15)6-9(10)11(12,13)14/h2-3,6H,4-5H2,1H3. The van der Waals surface area contributed by atoms with Crippen LogP contribution in [-0.2, 0) is 10.9 Å². The third-order valence-electron chi connectivity index (χ3n) is 1.96. The fourth-order valence-corrected chi connectivity index (χ4v) is 1.18. The van der Waals surface area contributed by atoms with E-state index in [4.69, 9.17) is 10.00 Å². The monoisotopic (exact) mass is 245 g/mol. The van der Waals surface area contributed by atoms with Crippen molar-refractivity contribution in [1.29, 1.82) is 5.26 Å². The van der Waals surface area contributed by atoms with Crippen molar-refractivity contribution in [3.8, 4) is 11.8 Å². The number of hydrogen-bond acceptors (Lipinski definition) is 3. The molecule has 0 aromatic heterocycles. The van der Waals surface area contributed by atoms with E-state index in [1.165, 1.54) is 13.2 Å². The van der Waals surface area contributed by atoms with Gasteiger partial charge < -0.3 is 9.47 Å². The number of hydrogen-bond donors (Lipinski definition) is 0. The SMILES string of the molecule is COCCOc1ccc(C#N)cc1C(F)(F)F. The van der Waals surface area contributed by atoms with Gasteiger partial charge in [-0.2, -0.15) is 18.4 Å². The molecule has 0 fully saturated rings. The molecule has 0 spiro atoms. The van der Waals surface area contributed by atoms with E-state index in [0.717, 1.165) is 12.1 Å². The zero-order chi connectivity index (χ0) is 12.9. The smallest absolute Gasteiger partial charge is 0.420 e. The molecular weight excluding hydrogens is 235 g/mol. The van der Waals surface area contributed by atoms with Gasteiger partial charge in [-0.15, -0.1) is 0 Å². The summed E-state index contributed by atoms with van der Waals surface area (Å²) in [5.41, 5.74) is -1.01. The Bertz CT molecular complexity index is 424. The van der Waals surface area contributed by atoms with Crippen molar-refractivity contribution in [2.45, 2.75) is 6.18 Å². The summed E-state index contributed by atoms with van der Waals surface area (Å²) in [4.78, 5) is 0. The highest BCUT2D eigenvalue weighted by molar-refractivity contribution is 5.43. The van der Waals surface area contributed by atoms with Crippen LogP contribution in [0.3, 0.4) is 0 Å². The van der Waals surface area contributed by atoms with E-state index in [9.17, 15) is 13.2 Å². The lowest BCUT2D eigenvalue weighted by atomic mass is 10.1. The van der Waals surface area contributed by atoms with Gasteiger partial charge in [0.25, 0.3) is 0 Å². The van der Waals surface area contributed by atoms with E-state index in [1.807, 2.05) is 0 Å². The van der Waals surface area contributed by atoms with Crippen molar-refractivity contribution in [2.24, 2.45) is 0 Å². The lowest BCUT2D eigenvalue weighted by Crippen LogP contribution is -2.11. The molecular formula is C11H10F3NO2. The number of ether oxygens (including phenoxy) is 2. The zero-order valence-electron chi connectivity index (χ0n) is 9.04. The number of nitrogens with zero attached hydrogens (tertiary/aromatic N) is 1. The maximum atomic E-state index is 12.7. The highest BCUT2D eigenvalue weighted by Crippen LogP contribution is 2.36. The van der Waals surface area contributed by atoms with Crippen molar-refractivity contribution in [3.63, 3.8) is 0 Å². The first kappa shape index (κ1) is 13.3. The molecule has 0 saturated carbocycles. The minimum absolute atomic E-state index is 0.0193. The number of halogens is 3. The van der Waals surface area contributed by atoms with Crippen LogP contribution in [0.1, 0.15) is 11.1 Å². The van der Waals surface area contributed by atoms with Crippen LogP contribution in [0, 0.1) is 11.3 Å². The molecule has 0 bridgehead atoms. The van der Waals surface area contributed by atoms with Gasteiger partial charge >= 0.3 is 6.18 Å². The molecule has 1 aromatic rings. The van der Waals surface area contributed by atoms with Crippen molar-refractivity contribution in [2.75, 3.05) is 20.3 Å². The molecule has 0 aliphatic carbocycles. The number of rotatable bonds is 4. The summed E-state index contributed by atoms with van der Waals surface area (Å²) >= 11 is 0. The molecule has 0 aliphatic rings. The van der Waals surface area contributed by atoms with E-state index in [2.05, 4.69) is 4.74 Å². The fraction of sp³-hybridized carbons (Fsp3) is 0.364. The van der Waals surface area contributed by atoms with Gasteiger partial charge in [0.05, 0.1) is 23.8 Å². The van der Waals surface area contributed by atoms with E-state index in [-0.39, 0.29) is 24.5 Å². The maximum Gasteiger partial charge on any atom is 0.420 e. The van der Waals surface area contributed by atoms with Crippen LogP contribution in [0.15, 0.2) is 18.2 Å². The molecule has 0 amide bonds. The number of methoxy groups -OCH3 is 1. The zero-order valence-corrected chi connectivity index (χ0v) is 9.04. The highest BCUT2D eigenvalue weighted by atomic mass is 19.4. The summed E-state index contributed by atoms with van der Waals surface area (Å²) in [6.07, 6.45) is -4.55. The quantitative estimate of drug-likeness (QED) is 0.766. The van der Waals surface area contributed by atoms with E-state index < -0.39 is 11.7 Å². The summed E-state index contributed by atoms with van der Waals surface area (Å²) in [5, 5.41) is 8.55. The summed E-state index contributed by atoms with van der Waals surface area (Å²) < 4.78 is 47.6. The Labute approximate surface area is 96.4 Å². The third kappa shape index (κ3) is 3.64. The van der Waals surface area contributed by atoms with Crippen molar-refractivity contribution in [3.05, 3.63) is 29.3 Å². The number of alkyl halides is 3. The molecule has 0 radical (unpaired) electrons. The van der Waals surface area contributed by atoms with Crippen LogP contribution in [0.5, 0.6) is 5.75 Å². The lowest BCUT2D eigenvalue weighted by molar-refractivity contribution is -0.139. The Balaban J connectivity index is 3.00. The summed E-state index contributed by atoms with van der Waals surface area (Å²) in [6, 6.07) is 4.83. The first-order valence-electron chi connectivity index (χ1n) is 4.72. The second kappa shape index (κ2) is 5.55. The second-order valence-electron chi connectivity index (χ2n) is 3.16. The molecule has 0 aliphatic heterocycles. The summed E-state index contributed by atoms with van der Waals surface area (Å²) in [5.74, 6) is -0.298. The van der Waals surface area contributed by atoms with Gasteiger partial charge in [-0.1, -0.05) is 0 Å². The maximum absolute atomic E-state index is 12.7. The van der Waals surface area contributed by atoms with E-state index >= 15 is 0 Å². The Morgan fingerprint density at radius 1 is 1.29 bits per heavy atom. The van der Waals surface area contributed by atoms with Crippen LogP contribution >= 0.6 is 0 Å². The van der Waals surface area contributed by atoms with Gasteiger partial charge in [0.1, 0.15) is 12.4 Å². The average molecular weight is 245 g/mol. The molecule has 0 atom stereocenters. The first-order chi connectivity index (χ1) is 7.99. The molecule has 0 heterocycles. The third-order valence-corrected chi connectivity index (χ3v) is 1.96. The fourth-order valence-electron chi connectivity index (χ4n) is 1.18. The van der Waals surface area contributed by atoms with Crippen LogP contribution in [0.2, 0.25) is 0 Å². The molecule has 0 N–H and O–H groups in total. The van der Waals surface area contributed by atoms with Crippen LogP contribution in [0.25, 0.3) is 0 Å². The topological polar surface area (TPSA) is 42.2 Å². The minimum atomic E-state index is -4.55. The van der Waals surface area contributed by atoms with E-state index in [1.54, 1.807) is 6.07 Å². The van der Waals surface area contributed by atoms with Gasteiger partial charge in [0, 0.05) is 7.11 Å². The van der Waals surface area contributed by atoms with Crippen LogP contribution in [0.4, 0.5) is 13.2 Å². The minimum Gasteiger partial charge on any atom is -0.491 e. The summed E-state index contributed by atoms with van der Waals surface area (Å²) in [7, 11) is 1.42.